The number of nitrogens with zero attached hydrogens (tertiary/aromatic N) is 3. The molecule has 12 aromatic rings. The van der Waals surface area contributed by atoms with E-state index in [0.717, 1.165) is 17.1 Å². The Morgan fingerprint density at radius 2 is 0.435 bits per heavy atom. The molecule has 3 heterocycles. The topological polar surface area (TPSA) is 14.8 Å². The molecule has 0 amide bonds. The predicted octanol–water partition coefficient (Wildman–Crippen LogP) is 15.9. The Labute approximate surface area is 361 Å². The molecule has 12 rings (SSSR count). The first-order chi connectivity index (χ1) is 30.3. The monoisotopic (exact) mass is 795 g/mol. The van der Waals surface area contributed by atoms with Crippen molar-refractivity contribution in [3.05, 3.63) is 210 Å². The first-order valence-electron chi connectivity index (χ1n) is 21.7. The molecule has 3 aromatic heterocycles. The van der Waals surface area contributed by atoms with Crippen molar-refractivity contribution in [2.75, 3.05) is 0 Å². The highest BCUT2D eigenvalue weighted by atomic mass is 15.0. The van der Waals surface area contributed by atoms with E-state index in [1.165, 1.54) is 115 Å². The van der Waals surface area contributed by atoms with Gasteiger partial charge in [0.05, 0.1) is 33.1 Å². The number of hydrogen-bond acceptors (Lipinski definition) is 0. The fraction of sp³-hybridized carbons (Fsp3) is 0.0847. The maximum atomic E-state index is 2.42. The third-order valence-corrected chi connectivity index (χ3v) is 13.1. The second kappa shape index (κ2) is 13.7. The summed E-state index contributed by atoms with van der Waals surface area (Å²) in [4.78, 5) is 0. The SMILES string of the molecule is Cc1ccc(-n2c3ccc(-c4ccc(-n5c6ccc(C)cc6c6cc(C)ccc65)cc4)cc3c3cc(-c4ccc(-n5c6ccc(C)cc6c6cc(C)ccc65)cc4)ccc32)cc1. The van der Waals surface area contributed by atoms with Crippen LogP contribution in [-0.2, 0) is 0 Å². The number of hydrogen-bond donors (Lipinski definition) is 0. The zero-order chi connectivity index (χ0) is 41.8. The number of rotatable bonds is 5. The molecule has 3 heteroatoms. The minimum atomic E-state index is 1.16. The first-order valence-corrected chi connectivity index (χ1v) is 21.7. The van der Waals surface area contributed by atoms with Gasteiger partial charge in [-0.15, -0.1) is 0 Å². The smallest absolute Gasteiger partial charge is 0.0541 e. The molecule has 0 radical (unpaired) electrons. The van der Waals surface area contributed by atoms with Crippen LogP contribution < -0.4 is 0 Å². The molecule has 0 bridgehead atoms. The Morgan fingerprint density at radius 1 is 0.210 bits per heavy atom. The van der Waals surface area contributed by atoms with E-state index in [4.69, 9.17) is 0 Å². The molecule has 0 unspecified atom stereocenters. The van der Waals surface area contributed by atoms with E-state index in [-0.39, 0.29) is 0 Å². The van der Waals surface area contributed by atoms with Crippen LogP contribution in [0.3, 0.4) is 0 Å². The fourth-order valence-corrected chi connectivity index (χ4v) is 10.0. The van der Waals surface area contributed by atoms with Crippen LogP contribution in [-0.4, -0.2) is 13.7 Å². The zero-order valence-electron chi connectivity index (χ0n) is 35.7. The van der Waals surface area contributed by atoms with Crippen LogP contribution in [0, 0.1) is 34.6 Å². The highest BCUT2D eigenvalue weighted by molar-refractivity contribution is 6.13. The Balaban J connectivity index is 0.968. The quantitative estimate of drug-likeness (QED) is 0.165. The molecule has 0 fully saturated rings. The van der Waals surface area contributed by atoms with Gasteiger partial charge in [-0.1, -0.05) is 101 Å². The lowest BCUT2D eigenvalue weighted by atomic mass is 10.00. The molecule has 62 heavy (non-hydrogen) atoms. The van der Waals surface area contributed by atoms with Crippen molar-refractivity contribution in [1.29, 1.82) is 0 Å². The molecule has 0 aliphatic rings. The van der Waals surface area contributed by atoms with E-state index in [2.05, 4.69) is 230 Å². The minimum Gasteiger partial charge on any atom is -0.309 e. The van der Waals surface area contributed by atoms with Crippen LogP contribution in [0.4, 0.5) is 0 Å². The molecule has 3 nitrogen and oxygen atoms in total. The Hall–Kier alpha value is -7.62. The third-order valence-electron chi connectivity index (χ3n) is 13.1. The number of benzene rings is 9. The molecule has 0 aliphatic carbocycles. The molecule has 296 valence electrons. The second-order valence-corrected chi connectivity index (χ2v) is 17.5. The van der Waals surface area contributed by atoms with Crippen molar-refractivity contribution >= 4 is 65.4 Å². The van der Waals surface area contributed by atoms with Crippen molar-refractivity contribution < 1.29 is 0 Å². The molecule has 0 saturated heterocycles. The van der Waals surface area contributed by atoms with Gasteiger partial charge in [0.15, 0.2) is 0 Å². The summed E-state index contributed by atoms with van der Waals surface area (Å²) in [5.74, 6) is 0. The van der Waals surface area contributed by atoms with Gasteiger partial charge in [-0.2, -0.15) is 0 Å². The number of aromatic nitrogens is 3. The zero-order valence-corrected chi connectivity index (χ0v) is 35.7. The third kappa shape index (κ3) is 5.65. The highest BCUT2D eigenvalue weighted by Crippen LogP contribution is 2.40. The van der Waals surface area contributed by atoms with Crippen molar-refractivity contribution in [2.45, 2.75) is 34.6 Å². The van der Waals surface area contributed by atoms with Gasteiger partial charge in [-0.05, 0) is 166 Å². The number of aryl methyl sites for hydroxylation is 5. The molecule has 0 atom stereocenters. The summed E-state index contributed by atoms with van der Waals surface area (Å²) < 4.78 is 7.23. The Morgan fingerprint density at radius 3 is 0.742 bits per heavy atom. The average Bonchev–Trinajstić information content (AvgIpc) is 3.90. The van der Waals surface area contributed by atoms with E-state index in [9.17, 15) is 0 Å². The molecule has 0 saturated carbocycles. The van der Waals surface area contributed by atoms with Gasteiger partial charge in [0.25, 0.3) is 0 Å². The summed E-state index contributed by atoms with van der Waals surface area (Å²) in [6.07, 6.45) is 0. The van der Waals surface area contributed by atoms with Crippen LogP contribution in [0.15, 0.2) is 182 Å². The highest BCUT2D eigenvalue weighted by Gasteiger charge is 2.18. The van der Waals surface area contributed by atoms with Crippen molar-refractivity contribution in [1.82, 2.24) is 13.7 Å². The van der Waals surface area contributed by atoms with Gasteiger partial charge in [-0.25, -0.2) is 0 Å². The van der Waals surface area contributed by atoms with Gasteiger partial charge >= 0.3 is 0 Å². The van der Waals surface area contributed by atoms with Crippen molar-refractivity contribution in [3.8, 4) is 39.3 Å². The summed E-state index contributed by atoms with van der Waals surface area (Å²) in [6, 6.07) is 68.3. The molecule has 9 aromatic carbocycles. The van der Waals surface area contributed by atoms with Crippen LogP contribution in [0.5, 0.6) is 0 Å². The summed E-state index contributed by atoms with van der Waals surface area (Å²) in [7, 11) is 0. The van der Waals surface area contributed by atoms with Crippen molar-refractivity contribution in [2.24, 2.45) is 0 Å². The van der Waals surface area contributed by atoms with Crippen LogP contribution in [0.25, 0.3) is 105 Å². The molecular weight excluding hydrogens is 751 g/mol. The van der Waals surface area contributed by atoms with E-state index in [1.54, 1.807) is 0 Å². The summed E-state index contributed by atoms with van der Waals surface area (Å²) in [5.41, 5.74) is 22.0. The Kier molecular flexibility index (Phi) is 8.01. The van der Waals surface area contributed by atoms with Gasteiger partial charge in [0.2, 0.25) is 0 Å². The van der Waals surface area contributed by atoms with Crippen LogP contribution in [0.2, 0.25) is 0 Å². The van der Waals surface area contributed by atoms with Crippen LogP contribution in [0.1, 0.15) is 27.8 Å². The maximum absolute atomic E-state index is 2.42. The van der Waals surface area contributed by atoms with Gasteiger partial charge in [-0.3, -0.25) is 0 Å². The van der Waals surface area contributed by atoms with E-state index < -0.39 is 0 Å². The lowest BCUT2D eigenvalue weighted by Crippen LogP contribution is -1.94. The second-order valence-electron chi connectivity index (χ2n) is 17.5. The number of fused-ring (bicyclic) bond motifs is 9. The fourth-order valence-electron chi connectivity index (χ4n) is 10.0. The van der Waals surface area contributed by atoms with E-state index >= 15 is 0 Å². The summed E-state index contributed by atoms with van der Waals surface area (Å²) in [6.45, 7) is 10.9. The van der Waals surface area contributed by atoms with Gasteiger partial charge in [0.1, 0.15) is 0 Å². The lowest BCUT2D eigenvalue weighted by Gasteiger charge is -2.11. The van der Waals surface area contributed by atoms with E-state index in [1.807, 2.05) is 0 Å². The molecule has 0 aliphatic heterocycles. The standard InChI is InChI=1S/C59H45N3/c1-36-6-18-45(19-7-36)60-58-28-16-43(41-12-20-46(21-13-41)61-54-24-8-37(2)30-48(54)49-31-38(3)9-25-55(49)61)34-52(58)53-35-44(17-29-59(53)60)42-14-22-47(23-15-42)62-56-26-10-39(4)32-50(56)51-33-40(5)11-27-57(51)62/h6-35H,1-5H3. The molecular formula is C59H45N3. The minimum absolute atomic E-state index is 1.16. The summed E-state index contributed by atoms with van der Waals surface area (Å²) >= 11 is 0. The largest absolute Gasteiger partial charge is 0.309 e. The molecule has 0 spiro atoms. The Bertz CT molecular complexity index is 3410. The predicted molar refractivity (Wildman–Crippen MR) is 264 cm³/mol. The maximum Gasteiger partial charge on any atom is 0.0541 e. The molecule has 0 N–H and O–H groups in total. The first kappa shape index (κ1) is 36.2. The lowest BCUT2D eigenvalue weighted by molar-refractivity contribution is 1.17. The van der Waals surface area contributed by atoms with E-state index in [0.29, 0.717) is 0 Å². The van der Waals surface area contributed by atoms with Crippen molar-refractivity contribution in [3.63, 3.8) is 0 Å². The van der Waals surface area contributed by atoms with Gasteiger partial charge in [0, 0.05) is 49.4 Å². The average molecular weight is 796 g/mol. The summed E-state index contributed by atoms with van der Waals surface area (Å²) in [5, 5.41) is 7.67. The normalized spacial score (nSPS) is 12.0. The van der Waals surface area contributed by atoms with Gasteiger partial charge < -0.3 is 13.7 Å². The van der Waals surface area contributed by atoms with Crippen LogP contribution >= 0.6 is 0 Å².